The fraction of sp³-hybridized carbons (Fsp3) is 0.370. The van der Waals surface area contributed by atoms with Crippen LogP contribution in [0.15, 0.2) is 65.0 Å². The van der Waals surface area contributed by atoms with Gasteiger partial charge in [0.15, 0.2) is 0 Å². The van der Waals surface area contributed by atoms with E-state index in [1.807, 2.05) is 42.8 Å². The summed E-state index contributed by atoms with van der Waals surface area (Å²) in [5.41, 5.74) is 4.20. The van der Waals surface area contributed by atoms with Gasteiger partial charge in [-0.15, -0.1) is 5.10 Å². The average molecular weight is 492 g/mol. The second kappa shape index (κ2) is 10.2. The number of fused-ring (bicyclic) bond motifs is 1. The molecule has 3 aromatic rings. The van der Waals surface area contributed by atoms with Crippen LogP contribution in [0, 0.1) is 0 Å². The summed E-state index contributed by atoms with van der Waals surface area (Å²) in [6.07, 6.45) is 0. The Morgan fingerprint density at radius 2 is 1.86 bits per heavy atom. The Hall–Kier alpha value is -3.26. The first-order valence-electron chi connectivity index (χ1n) is 11.9. The summed E-state index contributed by atoms with van der Waals surface area (Å²) in [5.74, 6) is 1.93. The molecular weight excluding hydrogens is 458 g/mol. The molecule has 0 fully saturated rings. The Morgan fingerprint density at radius 1 is 1.14 bits per heavy atom. The summed E-state index contributed by atoms with van der Waals surface area (Å²) in [5, 5.41) is 11.8. The van der Waals surface area contributed by atoms with E-state index < -0.39 is 6.04 Å². The Kier molecular flexibility index (Phi) is 7.21. The number of aromatic nitrogens is 3. The van der Waals surface area contributed by atoms with Crippen molar-refractivity contribution in [3.05, 3.63) is 70.9 Å². The molecule has 7 nitrogen and oxygen atoms in total. The van der Waals surface area contributed by atoms with Crippen LogP contribution >= 0.6 is 11.8 Å². The SMILES string of the molecule is CCOc1ccccc1NC(=O)C1=C(C)Nc2nc(SCC)nn2C1c1ccc(C(C)(C)C)cc1. The van der Waals surface area contributed by atoms with Crippen molar-refractivity contribution in [1.29, 1.82) is 0 Å². The van der Waals surface area contributed by atoms with Crippen molar-refractivity contribution >= 4 is 29.3 Å². The number of nitrogens with one attached hydrogen (secondary N) is 2. The first kappa shape index (κ1) is 24.9. The fourth-order valence-corrected chi connectivity index (χ4v) is 4.69. The van der Waals surface area contributed by atoms with Gasteiger partial charge in [-0.25, -0.2) is 4.68 Å². The third-order valence-corrected chi connectivity index (χ3v) is 6.60. The van der Waals surface area contributed by atoms with Gasteiger partial charge in [-0.1, -0.05) is 75.9 Å². The van der Waals surface area contributed by atoms with Crippen molar-refractivity contribution < 1.29 is 9.53 Å². The lowest BCUT2D eigenvalue weighted by Gasteiger charge is -2.29. The van der Waals surface area contributed by atoms with Crippen LogP contribution in [0.4, 0.5) is 11.6 Å². The number of carbonyl (C=O) groups is 1. The molecular formula is C27H33N5O2S. The highest BCUT2D eigenvalue weighted by molar-refractivity contribution is 7.99. The van der Waals surface area contributed by atoms with Gasteiger partial charge in [-0.3, -0.25) is 4.79 Å². The van der Waals surface area contributed by atoms with Crippen LogP contribution in [0.1, 0.15) is 58.7 Å². The normalized spacial score (nSPS) is 15.4. The van der Waals surface area contributed by atoms with Crippen LogP contribution < -0.4 is 15.4 Å². The van der Waals surface area contributed by atoms with Gasteiger partial charge in [-0.2, -0.15) is 4.98 Å². The first-order valence-corrected chi connectivity index (χ1v) is 12.9. The molecule has 0 radical (unpaired) electrons. The standard InChI is InChI=1S/C27H33N5O2S/c1-7-34-21-12-10-9-11-20(21)29-24(33)22-17(3)28-25-30-26(35-8-2)31-32(25)23(22)18-13-15-19(16-14-18)27(4,5)6/h9-16,23H,7-8H2,1-6H3,(H,29,33)(H,28,30,31). The number of ether oxygens (including phenoxy) is 1. The number of hydrogen-bond donors (Lipinski definition) is 2. The van der Waals surface area contributed by atoms with Crippen molar-refractivity contribution in [2.75, 3.05) is 23.0 Å². The molecule has 0 spiro atoms. The summed E-state index contributed by atoms with van der Waals surface area (Å²) in [7, 11) is 0. The molecule has 2 aromatic carbocycles. The maximum Gasteiger partial charge on any atom is 0.255 e. The molecule has 35 heavy (non-hydrogen) atoms. The number of carbonyl (C=O) groups excluding carboxylic acids is 1. The Balaban J connectivity index is 1.77. The molecule has 1 atom stereocenters. The molecule has 2 N–H and O–H groups in total. The minimum absolute atomic E-state index is 0.0327. The van der Waals surface area contributed by atoms with Crippen LogP contribution in [-0.4, -0.2) is 33.0 Å². The molecule has 1 aliphatic rings. The number of allylic oxidation sites excluding steroid dienone is 1. The summed E-state index contributed by atoms with van der Waals surface area (Å²) in [6.45, 7) is 13.0. The number of rotatable bonds is 7. The van der Waals surface area contributed by atoms with Gasteiger partial charge in [0, 0.05) is 5.70 Å². The zero-order valence-electron chi connectivity index (χ0n) is 21.2. The third kappa shape index (κ3) is 5.22. The van der Waals surface area contributed by atoms with Crippen molar-refractivity contribution in [3.63, 3.8) is 0 Å². The van der Waals surface area contributed by atoms with Gasteiger partial charge in [0.1, 0.15) is 11.8 Å². The Bertz CT molecular complexity index is 1240. The molecule has 1 amide bonds. The van der Waals surface area contributed by atoms with E-state index >= 15 is 0 Å². The van der Waals surface area contributed by atoms with Crippen LogP contribution in [-0.2, 0) is 10.2 Å². The molecule has 8 heteroatoms. The second-order valence-electron chi connectivity index (χ2n) is 9.42. The van der Waals surface area contributed by atoms with E-state index in [1.165, 1.54) is 5.56 Å². The second-order valence-corrected chi connectivity index (χ2v) is 10.6. The Labute approximate surface area is 211 Å². The van der Waals surface area contributed by atoms with Crippen LogP contribution in [0.25, 0.3) is 0 Å². The molecule has 1 aliphatic heterocycles. The number of benzene rings is 2. The number of amides is 1. The Morgan fingerprint density at radius 3 is 2.51 bits per heavy atom. The van der Waals surface area contributed by atoms with Crippen LogP contribution in [0.5, 0.6) is 5.75 Å². The fourth-order valence-electron chi connectivity index (χ4n) is 4.13. The van der Waals surface area contributed by atoms with Gasteiger partial charge < -0.3 is 15.4 Å². The number of nitrogens with zero attached hydrogens (tertiary/aromatic N) is 3. The molecule has 0 bridgehead atoms. The highest BCUT2D eigenvalue weighted by Gasteiger charge is 2.34. The average Bonchev–Trinajstić information content (AvgIpc) is 3.21. The smallest absolute Gasteiger partial charge is 0.255 e. The number of para-hydroxylation sites is 2. The predicted octanol–water partition coefficient (Wildman–Crippen LogP) is 6.01. The molecule has 1 unspecified atom stereocenters. The third-order valence-electron chi connectivity index (χ3n) is 5.88. The largest absolute Gasteiger partial charge is 0.492 e. The van der Waals surface area contributed by atoms with E-state index in [0.717, 1.165) is 17.0 Å². The molecule has 184 valence electrons. The monoisotopic (exact) mass is 491 g/mol. The highest BCUT2D eigenvalue weighted by Crippen LogP contribution is 2.38. The summed E-state index contributed by atoms with van der Waals surface area (Å²) in [4.78, 5) is 18.4. The van der Waals surface area contributed by atoms with E-state index in [0.29, 0.717) is 34.7 Å². The lowest BCUT2D eigenvalue weighted by molar-refractivity contribution is -0.113. The maximum atomic E-state index is 13.8. The van der Waals surface area contributed by atoms with E-state index in [1.54, 1.807) is 11.8 Å². The zero-order chi connectivity index (χ0) is 25.2. The zero-order valence-corrected chi connectivity index (χ0v) is 22.0. The van der Waals surface area contributed by atoms with Crippen molar-refractivity contribution in [1.82, 2.24) is 14.8 Å². The predicted molar refractivity (Wildman–Crippen MR) is 142 cm³/mol. The van der Waals surface area contributed by atoms with E-state index in [2.05, 4.69) is 67.6 Å². The molecule has 0 aliphatic carbocycles. The van der Waals surface area contributed by atoms with Crippen LogP contribution in [0.2, 0.25) is 0 Å². The highest BCUT2D eigenvalue weighted by atomic mass is 32.2. The molecule has 0 saturated heterocycles. The first-order chi connectivity index (χ1) is 16.7. The minimum Gasteiger partial charge on any atom is -0.492 e. The summed E-state index contributed by atoms with van der Waals surface area (Å²) < 4.78 is 7.54. The van der Waals surface area contributed by atoms with E-state index in [9.17, 15) is 4.79 Å². The number of thioether (sulfide) groups is 1. The van der Waals surface area contributed by atoms with Gasteiger partial charge >= 0.3 is 0 Å². The van der Waals surface area contributed by atoms with Crippen molar-refractivity contribution in [2.45, 2.75) is 58.2 Å². The van der Waals surface area contributed by atoms with Gasteiger partial charge in [0.2, 0.25) is 11.1 Å². The quantitative estimate of drug-likeness (QED) is 0.394. The van der Waals surface area contributed by atoms with Crippen molar-refractivity contribution in [3.8, 4) is 5.75 Å². The number of hydrogen-bond acceptors (Lipinski definition) is 6. The molecule has 2 heterocycles. The van der Waals surface area contributed by atoms with Gasteiger partial charge in [0.25, 0.3) is 5.91 Å². The molecule has 4 rings (SSSR count). The maximum absolute atomic E-state index is 13.8. The van der Waals surface area contributed by atoms with Crippen LogP contribution in [0.3, 0.4) is 0 Å². The number of anilines is 2. The lowest BCUT2D eigenvalue weighted by atomic mass is 9.85. The van der Waals surface area contributed by atoms with Gasteiger partial charge in [0.05, 0.1) is 17.9 Å². The van der Waals surface area contributed by atoms with Crippen molar-refractivity contribution in [2.24, 2.45) is 0 Å². The van der Waals surface area contributed by atoms with E-state index in [4.69, 9.17) is 9.84 Å². The van der Waals surface area contributed by atoms with Gasteiger partial charge in [-0.05, 0) is 48.3 Å². The van der Waals surface area contributed by atoms with E-state index in [-0.39, 0.29) is 11.3 Å². The summed E-state index contributed by atoms with van der Waals surface area (Å²) >= 11 is 1.57. The minimum atomic E-state index is -0.418. The molecule has 1 aromatic heterocycles. The summed E-state index contributed by atoms with van der Waals surface area (Å²) in [6, 6.07) is 15.5. The lowest BCUT2D eigenvalue weighted by Crippen LogP contribution is -2.31. The molecule has 0 saturated carbocycles. The topological polar surface area (TPSA) is 81.1 Å².